The van der Waals surface area contributed by atoms with Crippen molar-refractivity contribution < 1.29 is 23.2 Å². The van der Waals surface area contributed by atoms with Gasteiger partial charge in [0.05, 0.1) is 21.2 Å². The van der Waals surface area contributed by atoms with Gasteiger partial charge < -0.3 is 19.4 Å². The molecular formula is C30H29BCl2FNO4. The first-order valence-corrected chi connectivity index (χ1v) is 13.5. The number of halogens is 3. The smallest absolute Gasteiger partial charge is 0.449 e. The van der Waals surface area contributed by atoms with Crippen LogP contribution in [0.2, 0.25) is 10.0 Å². The first kappa shape index (κ1) is 27.7. The molecule has 1 heterocycles. The van der Waals surface area contributed by atoms with Crippen LogP contribution in [0.25, 0.3) is 17.2 Å². The monoisotopic (exact) mass is 567 g/mol. The maximum atomic E-state index is 14.3. The Morgan fingerprint density at radius 1 is 1.00 bits per heavy atom. The summed E-state index contributed by atoms with van der Waals surface area (Å²) in [4.78, 5) is 12.9. The van der Waals surface area contributed by atoms with Gasteiger partial charge in [-0.05, 0) is 73.1 Å². The Bertz CT molecular complexity index is 1370. The lowest BCUT2D eigenvalue weighted by Gasteiger charge is -2.32. The molecule has 1 aliphatic carbocycles. The number of alkyl carbamates (subject to hydrolysis) is 1. The molecule has 0 spiro atoms. The second-order valence-corrected chi connectivity index (χ2v) is 11.6. The van der Waals surface area contributed by atoms with E-state index in [9.17, 15) is 9.18 Å². The SMILES string of the molecule is CC1(C)OB(C(=Cc2cc(F)c(Cl)c(Cl)c2)CNC(=O)OCC2c3ccccc3-c3ccccc32)OC1(C)C. The minimum Gasteiger partial charge on any atom is -0.449 e. The maximum absolute atomic E-state index is 14.3. The minimum atomic E-state index is -0.776. The molecule has 1 amide bonds. The summed E-state index contributed by atoms with van der Waals surface area (Å²) in [5.41, 5.74) is 4.38. The average molecular weight is 568 g/mol. The quantitative estimate of drug-likeness (QED) is 0.245. The fourth-order valence-electron chi connectivity index (χ4n) is 4.89. The predicted octanol–water partition coefficient (Wildman–Crippen LogP) is 7.69. The number of hydrogen-bond donors (Lipinski definition) is 1. The van der Waals surface area contributed by atoms with Gasteiger partial charge in [-0.2, -0.15) is 0 Å². The number of fused-ring (bicyclic) bond motifs is 3. The molecule has 3 aromatic carbocycles. The highest BCUT2D eigenvalue weighted by atomic mass is 35.5. The van der Waals surface area contributed by atoms with E-state index < -0.39 is 30.2 Å². The molecule has 39 heavy (non-hydrogen) atoms. The zero-order valence-electron chi connectivity index (χ0n) is 22.2. The Labute approximate surface area is 238 Å². The number of carbonyl (C=O) groups excluding carboxylic acids is 1. The van der Waals surface area contributed by atoms with E-state index in [-0.39, 0.29) is 29.1 Å². The number of nitrogens with one attached hydrogen (secondary N) is 1. The molecule has 2 aliphatic rings. The van der Waals surface area contributed by atoms with Gasteiger partial charge >= 0.3 is 13.2 Å². The van der Waals surface area contributed by atoms with Crippen LogP contribution in [0.5, 0.6) is 0 Å². The Morgan fingerprint density at radius 2 is 1.56 bits per heavy atom. The first-order valence-electron chi connectivity index (χ1n) is 12.8. The van der Waals surface area contributed by atoms with Crippen molar-refractivity contribution in [3.8, 4) is 11.1 Å². The largest absolute Gasteiger partial charge is 0.492 e. The van der Waals surface area contributed by atoms with Gasteiger partial charge in [0.25, 0.3) is 0 Å². The van der Waals surface area contributed by atoms with Crippen LogP contribution in [0.1, 0.15) is 50.3 Å². The predicted molar refractivity (Wildman–Crippen MR) is 154 cm³/mol. The van der Waals surface area contributed by atoms with E-state index in [1.165, 1.54) is 6.07 Å². The molecule has 0 aromatic heterocycles. The molecule has 1 fully saturated rings. The van der Waals surface area contributed by atoms with Crippen molar-refractivity contribution in [2.45, 2.75) is 44.8 Å². The van der Waals surface area contributed by atoms with E-state index in [1.807, 2.05) is 52.0 Å². The van der Waals surface area contributed by atoms with Gasteiger partial charge in [-0.25, -0.2) is 9.18 Å². The highest BCUT2D eigenvalue weighted by Gasteiger charge is 2.52. The standard InChI is InChI=1S/C30H29BCl2FNO4/c1-29(2)30(3,4)39-31(38-29)19(13-18-14-25(32)27(33)26(34)15-18)16-35-28(36)37-17-24-22-11-7-5-9-20(22)21-10-6-8-12-23(21)24/h5-15,24H,16-17H2,1-4H3,(H,35,36). The van der Waals surface area contributed by atoms with E-state index in [1.54, 1.807) is 12.1 Å². The summed E-state index contributed by atoms with van der Waals surface area (Å²) in [6.45, 7) is 7.97. The van der Waals surface area contributed by atoms with Crippen molar-refractivity contribution in [3.63, 3.8) is 0 Å². The Morgan fingerprint density at radius 3 is 2.13 bits per heavy atom. The highest BCUT2D eigenvalue weighted by molar-refractivity contribution is 6.56. The lowest BCUT2D eigenvalue weighted by Crippen LogP contribution is -2.41. The zero-order chi connectivity index (χ0) is 27.9. The Hall–Kier alpha value is -2.84. The molecule has 1 saturated heterocycles. The number of rotatable bonds is 6. The van der Waals surface area contributed by atoms with E-state index in [0.29, 0.717) is 11.0 Å². The van der Waals surface area contributed by atoms with Gasteiger partial charge in [0.1, 0.15) is 12.4 Å². The lowest BCUT2D eigenvalue weighted by molar-refractivity contribution is 0.00578. The Balaban J connectivity index is 1.32. The van der Waals surface area contributed by atoms with Crippen LogP contribution in [-0.4, -0.2) is 37.6 Å². The normalized spacial score (nSPS) is 17.6. The summed E-state index contributed by atoms with van der Waals surface area (Å²) < 4.78 is 32.4. The number of hydrogen-bond acceptors (Lipinski definition) is 4. The van der Waals surface area contributed by atoms with Crippen molar-refractivity contribution in [2.24, 2.45) is 0 Å². The first-order chi connectivity index (χ1) is 18.5. The minimum absolute atomic E-state index is 0.0510. The molecule has 0 bridgehead atoms. The number of benzene rings is 3. The number of amides is 1. The lowest BCUT2D eigenvalue weighted by atomic mass is 9.77. The molecule has 202 valence electrons. The average Bonchev–Trinajstić information content (AvgIpc) is 3.32. The van der Waals surface area contributed by atoms with Crippen molar-refractivity contribution in [2.75, 3.05) is 13.2 Å². The summed E-state index contributed by atoms with van der Waals surface area (Å²) in [6, 6.07) is 19.1. The highest BCUT2D eigenvalue weighted by Crippen LogP contribution is 2.44. The molecule has 0 saturated carbocycles. The summed E-state index contributed by atoms with van der Waals surface area (Å²) >= 11 is 12.0. The second-order valence-electron chi connectivity index (χ2n) is 10.8. The van der Waals surface area contributed by atoms with Gasteiger partial charge in [0, 0.05) is 12.5 Å². The van der Waals surface area contributed by atoms with Crippen molar-refractivity contribution >= 4 is 42.5 Å². The fourth-order valence-corrected chi connectivity index (χ4v) is 5.22. The van der Waals surface area contributed by atoms with Gasteiger partial charge in [-0.1, -0.05) is 77.8 Å². The third-order valence-corrected chi connectivity index (χ3v) is 8.47. The van der Waals surface area contributed by atoms with Crippen LogP contribution < -0.4 is 5.32 Å². The van der Waals surface area contributed by atoms with Crippen molar-refractivity contribution in [1.29, 1.82) is 0 Å². The van der Waals surface area contributed by atoms with Gasteiger partial charge in [-0.3, -0.25) is 0 Å². The van der Waals surface area contributed by atoms with Crippen molar-refractivity contribution in [1.82, 2.24) is 5.32 Å². The number of ether oxygens (including phenoxy) is 1. The molecule has 9 heteroatoms. The van der Waals surface area contributed by atoms with E-state index in [4.69, 9.17) is 37.2 Å². The second kappa shape index (κ2) is 10.6. The molecule has 1 aliphatic heterocycles. The molecule has 0 atom stereocenters. The van der Waals surface area contributed by atoms with Gasteiger partial charge in [-0.15, -0.1) is 0 Å². The molecule has 3 aromatic rings. The van der Waals surface area contributed by atoms with Crippen LogP contribution >= 0.6 is 23.2 Å². The van der Waals surface area contributed by atoms with E-state index in [2.05, 4.69) is 29.6 Å². The van der Waals surface area contributed by atoms with Crippen LogP contribution in [0.15, 0.2) is 66.1 Å². The molecule has 5 nitrogen and oxygen atoms in total. The fraction of sp³-hybridized carbons (Fsp3) is 0.300. The van der Waals surface area contributed by atoms with Crippen LogP contribution in [0.4, 0.5) is 9.18 Å². The summed E-state index contributed by atoms with van der Waals surface area (Å²) in [7, 11) is -0.776. The zero-order valence-corrected chi connectivity index (χ0v) is 23.7. The van der Waals surface area contributed by atoms with Gasteiger partial charge in [0.2, 0.25) is 0 Å². The van der Waals surface area contributed by atoms with Crippen LogP contribution in [0, 0.1) is 5.82 Å². The molecule has 0 radical (unpaired) electrons. The third kappa shape index (κ3) is 5.46. The summed E-state index contributed by atoms with van der Waals surface area (Å²) in [6.07, 6.45) is 1.09. The summed E-state index contributed by atoms with van der Waals surface area (Å²) in [5, 5.41) is 2.74. The molecule has 5 rings (SSSR count). The topological polar surface area (TPSA) is 56.8 Å². The van der Waals surface area contributed by atoms with Crippen molar-refractivity contribution in [3.05, 3.63) is 98.7 Å². The molecular weight excluding hydrogens is 539 g/mol. The number of carbonyl (C=O) groups is 1. The van der Waals surface area contributed by atoms with Crippen LogP contribution in [0.3, 0.4) is 0 Å². The Kier molecular flexibility index (Phi) is 7.55. The van der Waals surface area contributed by atoms with Crippen LogP contribution in [-0.2, 0) is 14.0 Å². The van der Waals surface area contributed by atoms with E-state index >= 15 is 0 Å². The summed E-state index contributed by atoms with van der Waals surface area (Å²) in [5.74, 6) is -0.700. The molecule has 1 N–H and O–H groups in total. The molecule has 0 unspecified atom stereocenters. The third-order valence-electron chi connectivity index (χ3n) is 7.69. The van der Waals surface area contributed by atoms with Gasteiger partial charge in [0.15, 0.2) is 0 Å². The van der Waals surface area contributed by atoms with E-state index in [0.717, 1.165) is 22.3 Å². The maximum Gasteiger partial charge on any atom is 0.492 e.